The Balaban J connectivity index is 2.05. The average molecular weight is 269 g/mol. The third-order valence-corrected chi connectivity index (χ3v) is 4.67. The largest absolute Gasteiger partial charge is 0.369 e. The van der Waals surface area contributed by atoms with Crippen molar-refractivity contribution in [3.05, 3.63) is 24.0 Å². The SMILES string of the molecule is CCNCc1cc(N2CCS(=O)(=O)CC2)ccn1. The van der Waals surface area contributed by atoms with Crippen molar-refractivity contribution in [2.24, 2.45) is 0 Å². The average Bonchev–Trinajstić information content (AvgIpc) is 2.37. The van der Waals surface area contributed by atoms with Crippen molar-refractivity contribution >= 4 is 15.5 Å². The minimum Gasteiger partial charge on any atom is -0.369 e. The second-order valence-electron chi connectivity index (χ2n) is 4.42. The van der Waals surface area contributed by atoms with Crippen LogP contribution in [0.4, 0.5) is 5.69 Å². The quantitative estimate of drug-likeness (QED) is 0.858. The molecule has 0 aliphatic carbocycles. The van der Waals surface area contributed by atoms with Crippen LogP contribution in [-0.2, 0) is 16.4 Å². The number of nitrogens with one attached hydrogen (secondary N) is 1. The zero-order valence-corrected chi connectivity index (χ0v) is 11.4. The van der Waals surface area contributed by atoms with Gasteiger partial charge in [0.05, 0.1) is 17.2 Å². The number of hydrogen-bond acceptors (Lipinski definition) is 5. The number of aromatic nitrogens is 1. The van der Waals surface area contributed by atoms with Crippen molar-refractivity contribution < 1.29 is 8.42 Å². The molecule has 1 aromatic heterocycles. The molecule has 0 saturated carbocycles. The van der Waals surface area contributed by atoms with Crippen LogP contribution >= 0.6 is 0 Å². The van der Waals surface area contributed by atoms with E-state index in [0.29, 0.717) is 13.1 Å². The lowest BCUT2D eigenvalue weighted by atomic mass is 10.3. The van der Waals surface area contributed by atoms with E-state index < -0.39 is 9.84 Å². The molecular formula is C12H19N3O2S. The van der Waals surface area contributed by atoms with Gasteiger partial charge in [0.1, 0.15) is 0 Å². The van der Waals surface area contributed by atoms with Gasteiger partial charge in [-0.1, -0.05) is 6.92 Å². The Labute approximate surface area is 108 Å². The van der Waals surface area contributed by atoms with Crippen molar-refractivity contribution in [1.82, 2.24) is 10.3 Å². The topological polar surface area (TPSA) is 62.3 Å². The summed E-state index contributed by atoms with van der Waals surface area (Å²) in [7, 11) is -2.82. The molecule has 1 fully saturated rings. The summed E-state index contributed by atoms with van der Waals surface area (Å²) >= 11 is 0. The number of pyridine rings is 1. The molecular weight excluding hydrogens is 250 g/mol. The van der Waals surface area contributed by atoms with Crippen molar-refractivity contribution in [2.75, 3.05) is 36.0 Å². The van der Waals surface area contributed by atoms with E-state index in [4.69, 9.17) is 0 Å². The van der Waals surface area contributed by atoms with Crippen LogP contribution < -0.4 is 10.2 Å². The summed E-state index contributed by atoms with van der Waals surface area (Å²) in [6, 6.07) is 3.97. The van der Waals surface area contributed by atoms with Gasteiger partial charge >= 0.3 is 0 Å². The Morgan fingerprint density at radius 1 is 1.39 bits per heavy atom. The van der Waals surface area contributed by atoms with Crippen LogP contribution in [0.1, 0.15) is 12.6 Å². The first-order chi connectivity index (χ1) is 8.61. The van der Waals surface area contributed by atoms with Crippen LogP contribution in [0, 0.1) is 0 Å². The standard InChI is InChI=1S/C12H19N3O2S/c1-2-13-10-11-9-12(3-4-14-11)15-5-7-18(16,17)8-6-15/h3-4,9,13H,2,5-8,10H2,1H3. The fourth-order valence-electron chi connectivity index (χ4n) is 1.98. The number of anilines is 1. The minimum atomic E-state index is -2.82. The van der Waals surface area contributed by atoms with Crippen molar-refractivity contribution in [3.63, 3.8) is 0 Å². The van der Waals surface area contributed by atoms with Crippen LogP contribution in [0.5, 0.6) is 0 Å². The lowest BCUT2D eigenvalue weighted by molar-refractivity contribution is 0.586. The maximum absolute atomic E-state index is 11.4. The lowest BCUT2D eigenvalue weighted by Gasteiger charge is -2.28. The molecule has 5 nitrogen and oxygen atoms in total. The van der Waals surface area contributed by atoms with Crippen molar-refractivity contribution in [1.29, 1.82) is 0 Å². The maximum Gasteiger partial charge on any atom is 0.153 e. The number of sulfone groups is 1. The first-order valence-electron chi connectivity index (χ1n) is 6.22. The van der Waals surface area contributed by atoms with E-state index in [0.717, 1.165) is 24.5 Å². The van der Waals surface area contributed by atoms with E-state index in [1.807, 2.05) is 12.1 Å². The lowest BCUT2D eigenvalue weighted by Crippen LogP contribution is -2.40. The van der Waals surface area contributed by atoms with E-state index in [-0.39, 0.29) is 11.5 Å². The van der Waals surface area contributed by atoms with Gasteiger partial charge in [-0.15, -0.1) is 0 Å². The molecule has 1 aromatic rings. The Morgan fingerprint density at radius 2 is 2.11 bits per heavy atom. The maximum atomic E-state index is 11.4. The molecule has 0 unspecified atom stereocenters. The molecule has 0 aromatic carbocycles. The minimum absolute atomic E-state index is 0.248. The fraction of sp³-hybridized carbons (Fsp3) is 0.583. The van der Waals surface area contributed by atoms with Gasteiger partial charge in [0.15, 0.2) is 9.84 Å². The molecule has 0 amide bonds. The van der Waals surface area contributed by atoms with Gasteiger partial charge < -0.3 is 10.2 Å². The second kappa shape index (κ2) is 5.67. The molecule has 18 heavy (non-hydrogen) atoms. The summed E-state index contributed by atoms with van der Waals surface area (Å²) < 4.78 is 22.8. The third-order valence-electron chi connectivity index (χ3n) is 3.07. The van der Waals surface area contributed by atoms with E-state index >= 15 is 0 Å². The molecule has 2 heterocycles. The summed E-state index contributed by atoms with van der Waals surface area (Å²) in [6.07, 6.45) is 1.78. The zero-order valence-electron chi connectivity index (χ0n) is 10.6. The van der Waals surface area contributed by atoms with Gasteiger partial charge in [-0.05, 0) is 18.7 Å². The molecule has 6 heteroatoms. The third kappa shape index (κ3) is 3.43. The summed E-state index contributed by atoms with van der Waals surface area (Å²) in [5, 5.41) is 3.23. The molecule has 1 saturated heterocycles. The van der Waals surface area contributed by atoms with Crippen LogP contribution in [0.25, 0.3) is 0 Å². The van der Waals surface area contributed by atoms with E-state index in [1.54, 1.807) is 6.20 Å². The first kappa shape index (κ1) is 13.3. The first-order valence-corrected chi connectivity index (χ1v) is 8.04. The van der Waals surface area contributed by atoms with Crippen LogP contribution in [-0.4, -0.2) is 44.5 Å². The van der Waals surface area contributed by atoms with Gasteiger partial charge in [0, 0.05) is 31.5 Å². The molecule has 1 aliphatic heterocycles. The highest BCUT2D eigenvalue weighted by Crippen LogP contribution is 2.17. The summed E-state index contributed by atoms with van der Waals surface area (Å²) in [5.74, 6) is 0.496. The van der Waals surface area contributed by atoms with Crippen LogP contribution in [0.3, 0.4) is 0 Å². The fourth-order valence-corrected chi connectivity index (χ4v) is 3.18. The highest BCUT2D eigenvalue weighted by molar-refractivity contribution is 7.91. The monoisotopic (exact) mass is 269 g/mol. The van der Waals surface area contributed by atoms with Gasteiger partial charge in [0.2, 0.25) is 0 Å². The molecule has 0 atom stereocenters. The van der Waals surface area contributed by atoms with Gasteiger partial charge in [0.25, 0.3) is 0 Å². The van der Waals surface area contributed by atoms with Crippen molar-refractivity contribution in [2.45, 2.75) is 13.5 Å². The van der Waals surface area contributed by atoms with E-state index in [1.165, 1.54) is 0 Å². The Bertz CT molecular complexity index is 488. The molecule has 1 aliphatic rings. The van der Waals surface area contributed by atoms with E-state index in [9.17, 15) is 8.42 Å². The Morgan fingerprint density at radius 3 is 2.78 bits per heavy atom. The molecule has 0 bridgehead atoms. The molecule has 0 spiro atoms. The molecule has 2 rings (SSSR count). The number of rotatable bonds is 4. The Hall–Kier alpha value is -1.14. The predicted molar refractivity (Wildman–Crippen MR) is 72.5 cm³/mol. The Kier molecular flexibility index (Phi) is 4.19. The second-order valence-corrected chi connectivity index (χ2v) is 6.73. The number of nitrogens with zero attached hydrogens (tertiary/aromatic N) is 2. The van der Waals surface area contributed by atoms with Crippen molar-refractivity contribution in [3.8, 4) is 0 Å². The summed E-state index contributed by atoms with van der Waals surface area (Å²) in [4.78, 5) is 6.40. The zero-order chi connectivity index (χ0) is 13.0. The summed E-state index contributed by atoms with van der Waals surface area (Å²) in [6.45, 7) is 4.86. The molecule has 1 N–H and O–H groups in total. The van der Waals surface area contributed by atoms with E-state index in [2.05, 4.69) is 22.1 Å². The van der Waals surface area contributed by atoms with Gasteiger partial charge in [-0.3, -0.25) is 4.98 Å². The van der Waals surface area contributed by atoms with Crippen LogP contribution in [0.2, 0.25) is 0 Å². The number of hydrogen-bond donors (Lipinski definition) is 1. The highest BCUT2D eigenvalue weighted by atomic mass is 32.2. The van der Waals surface area contributed by atoms with Crippen LogP contribution in [0.15, 0.2) is 18.3 Å². The highest BCUT2D eigenvalue weighted by Gasteiger charge is 2.21. The van der Waals surface area contributed by atoms with Gasteiger partial charge in [-0.25, -0.2) is 8.42 Å². The normalized spacial score (nSPS) is 18.8. The summed E-state index contributed by atoms with van der Waals surface area (Å²) in [5.41, 5.74) is 2.05. The molecule has 100 valence electrons. The van der Waals surface area contributed by atoms with Gasteiger partial charge in [-0.2, -0.15) is 0 Å². The predicted octanol–water partition coefficient (Wildman–Crippen LogP) is 0.426. The smallest absolute Gasteiger partial charge is 0.153 e. The molecule has 0 radical (unpaired) electrons.